The molecule has 8 nitrogen and oxygen atoms in total. The number of nitrogens with two attached hydrogens (primary N) is 2. The lowest BCUT2D eigenvalue weighted by atomic mass is 10.4. The van der Waals surface area contributed by atoms with E-state index in [0.717, 1.165) is 0 Å². The highest BCUT2D eigenvalue weighted by molar-refractivity contribution is 5.75. The molecule has 0 aliphatic carbocycles. The van der Waals surface area contributed by atoms with Crippen LogP contribution in [0.4, 0.5) is 0 Å². The molecule has 0 amide bonds. The zero-order valence-electron chi connectivity index (χ0n) is 11.5. The Morgan fingerprint density at radius 2 is 1.26 bits per heavy atom. The molecule has 0 fully saturated rings. The third-order valence-corrected chi connectivity index (χ3v) is 1.58. The molecule has 0 bridgehead atoms. The lowest BCUT2D eigenvalue weighted by Crippen LogP contribution is -2.32. The van der Waals surface area contributed by atoms with E-state index in [2.05, 4.69) is 9.47 Å². The largest absolute Gasteiger partial charge is 0.461 e. The van der Waals surface area contributed by atoms with Crippen molar-refractivity contribution in [2.24, 2.45) is 11.5 Å². The van der Waals surface area contributed by atoms with Crippen molar-refractivity contribution in [1.29, 1.82) is 0 Å². The number of aliphatic hydroxyl groups is 2. The normalized spacial score (nSPS) is 14.5. The summed E-state index contributed by atoms with van der Waals surface area (Å²) in [6, 6.07) is -1.33. The summed E-state index contributed by atoms with van der Waals surface area (Å²) in [5.74, 6) is -1.05. The maximum Gasteiger partial charge on any atom is 0.322 e. The predicted molar refractivity (Wildman–Crippen MR) is 68.0 cm³/mol. The van der Waals surface area contributed by atoms with E-state index < -0.39 is 30.1 Å². The number of carbonyl (C=O) groups excluding carboxylic acids is 2. The Hall–Kier alpha value is -1.22. The molecule has 0 rings (SSSR count). The molecular weight excluding hydrogens is 256 g/mol. The van der Waals surface area contributed by atoms with E-state index in [9.17, 15) is 9.59 Å². The van der Waals surface area contributed by atoms with Crippen LogP contribution in [0.5, 0.6) is 0 Å². The summed E-state index contributed by atoms with van der Waals surface area (Å²) in [6.45, 7) is 4.41. The lowest BCUT2D eigenvalue weighted by Gasteiger charge is -2.08. The second-order valence-electron chi connectivity index (χ2n) is 3.94. The SMILES string of the molecule is CC(O)CO.C[C@H](N)C(=O)OCCOC(=O)[C@H](C)N. The summed E-state index contributed by atoms with van der Waals surface area (Å²) < 4.78 is 9.30. The summed E-state index contributed by atoms with van der Waals surface area (Å²) in [7, 11) is 0. The average molecular weight is 280 g/mol. The average Bonchev–Trinajstić information content (AvgIpc) is 2.34. The minimum atomic E-state index is -0.667. The summed E-state index contributed by atoms with van der Waals surface area (Å²) in [4.78, 5) is 21.6. The van der Waals surface area contributed by atoms with Crippen LogP contribution < -0.4 is 11.5 Å². The van der Waals surface area contributed by atoms with Gasteiger partial charge in [-0.1, -0.05) is 0 Å². The van der Waals surface area contributed by atoms with E-state index >= 15 is 0 Å². The maximum atomic E-state index is 10.8. The molecule has 0 aliphatic rings. The Kier molecular flexibility index (Phi) is 12.5. The fourth-order valence-corrected chi connectivity index (χ4v) is 0.547. The van der Waals surface area contributed by atoms with Crippen molar-refractivity contribution in [3.63, 3.8) is 0 Å². The van der Waals surface area contributed by atoms with Gasteiger partial charge >= 0.3 is 11.9 Å². The Morgan fingerprint density at radius 1 is 1.00 bits per heavy atom. The van der Waals surface area contributed by atoms with Crippen LogP contribution in [0.3, 0.4) is 0 Å². The molecule has 6 N–H and O–H groups in total. The Labute approximate surface area is 112 Å². The topological polar surface area (TPSA) is 145 Å². The van der Waals surface area contributed by atoms with E-state index in [4.69, 9.17) is 21.7 Å². The lowest BCUT2D eigenvalue weighted by molar-refractivity contribution is -0.153. The molecule has 1 unspecified atom stereocenters. The molecule has 0 saturated carbocycles. The van der Waals surface area contributed by atoms with E-state index in [1.807, 2.05) is 0 Å². The van der Waals surface area contributed by atoms with Gasteiger partial charge < -0.3 is 31.2 Å². The van der Waals surface area contributed by atoms with Gasteiger partial charge in [-0.15, -0.1) is 0 Å². The highest BCUT2D eigenvalue weighted by atomic mass is 16.6. The van der Waals surface area contributed by atoms with Crippen LogP contribution in [-0.4, -0.2) is 60.2 Å². The maximum absolute atomic E-state index is 10.8. The molecule has 0 aromatic rings. The highest BCUT2D eigenvalue weighted by Crippen LogP contribution is 1.87. The predicted octanol–water partition coefficient (Wildman–Crippen LogP) is -1.87. The van der Waals surface area contributed by atoms with Gasteiger partial charge in [-0.2, -0.15) is 0 Å². The van der Waals surface area contributed by atoms with Gasteiger partial charge in [-0.25, -0.2) is 0 Å². The second kappa shape index (κ2) is 11.8. The van der Waals surface area contributed by atoms with E-state index in [0.29, 0.717) is 0 Å². The molecule has 114 valence electrons. The first-order valence-corrected chi connectivity index (χ1v) is 5.85. The number of hydrogen-bond donors (Lipinski definition) is 4. The van der Waals surface area contributed by atoms with Crippen molar-refractivity contribution in [3.8, 4) is 0 Å². The van der Waals surface area contributed by atoms with Crippen molar-refractivity contribution < 1.29 is 29.3 Å². The molecule has 0 spiro atoms. The van der Waals surface area contributed by atoms with E-state index in [1.165, 1.54) is 20.8 Å². The number of hydrogen-bond acceptors (Lipinski definition) is 8. The first-order chi connectivity index (χ1) is 8.72. The van der Waals surface area contributed by atoms with Crippen LogP contribution >= 0.6 is 0 Å². The van der Waals surface area contributed by atoms with Crippen LogP contribution in [0.1, 0.15) is 20.8 Å². The van der Waals surface area contributed by atoms with Crippen molar-refractivity contribution in [1.82, 2.24) is 0 Å². The summed E-state index contributed by atoms with van der Waals surface area (Å²) >= 11 is 0. The van der Waals surface area contributed by atoms with Gasteiger partial charge in [0.1, 0.15) is 25.3 Å². The van der Waals surface area contributed by atoms with E-state index in [-0.39, 0.29) is 19.8 Å². The van der Waals surface area contributed by atoms with Gasteiger partial charge in [-0.3, -0.25) is 9.59 Å². The standard InChI is InChI=1S/C8H16N2O4.C3H8O2/c1-5(9)7(11)13-3-4-14-8(12)6(2)10;1-3(5)2-4/h5-6H,3-4,9-10H2,1-2H3;3-5H,2H2,1H3/t5-,6-;/m0./s1. The zero-order valence-corrected chi connectivity index (χ0v) is 11.5. The quantitative estimate of drug-likeness (QED) is 0.327. The summed E-state index contributed by atoms with van der Waals surface area (Å²) in [5, 5.41) is 16.0. The molecule has 0 aromatic heterocycles. The fourth-order valence-electron chi connectivity index (χ4n) is 0.547. The van der Waals surface area contributed by atoms with Crippen molar-refractivity contribution >= 4 is 11.9 Å². The van der Waals surface area contributed by atoms with Gasteiger partial charge in [0.15, 0.2) is 0 Å². The van der Waals surface area contributed by atoms with Crippen LogP contribution in [0.2, 0.25) is 0 Å². The van der Waals surface area contributed by atoms with Crippen LogP contribution in [-0.2, 0) is 19.1 Å². The smallest absolute Gasteiger partial charge is 0.322 e. The third-order valence-electron chi connectivity index (χ3n) is 1.58. The number of aliphatic hydroxyl groups excluding tert-OH is 2. The van der Waals surface area contributed by atoms with Gasteiger partial charge in [-0.05, 0) is 20.8 Å². The van der Waals surface area contributed by atoms with Gasteiger partial charge in [0, 0.05) is 0 Å². The Balaban J connectivity index is 0. The minimum absolute atomic E-state index is 0.00116. The van der Waals surface area contributed by atoms with Crippen molar-refractivity contribution in [2.75, 3.05) is 19.8 Å². The molecule has 8 heteroatoms. The molecular formula is C11H24N2O6. The Morgan fingerprint density at radius 3 is 1.42 bits per heavy atom. The molecule has 19 heavy (non-hydrogen) atoms. The van der Waals surface area contributed by atoms with Crippen LogP contribution in [0, 0.1) is 0 Å². The van der Waals surface area contributed by atoms with Crippen LogP contribution in [0.25, 0.3) is 0 Å². The van der Waals surface area contributed by atoms with Crippen molar-refractivity contribution in [3.05, 3.63) is 0 Å². The molecule has 0 aliphatic heterocycles. The number of rotatable bonds is 6. The third kappa shape index (κ3) is 14.7. The van der Waals surface area contributed by atoms with Crippen molar-refractivity contribution in [2.45, 2.75) is 39.0 Å². The zero-order chi connectivity index (χ0) is 15.4. The van der Waals surface area contributed by atoms with Gasteiger partial charge in [0.05, 0.1) is 12.7 Å². The number of esters is 2. The number of ether oxygens (including phenoxy) is 2. The highest BCUT2D eigenvalue weighted by Gasteiger charge is 2.10. The molecule has 0 saturated heterocycles. The number of carbonyl (C=O) groups is 2. The molecule has 0 aromatic carbocycles. The summed E-state index contributed by atoms with van der Waals surface area (Å²) in [5.41, 5.74) is 10.4. The Bertz CT molecular complexity index is 234. The monoisotopic (exact) mass is 280 g/mol. The van der Waals surface area contributed by atoms with E-state index in [1.54, 1.807) is 0 Å². The first kappa shape index (κ1) is 20.1. The van der Waals surface area contributed by atoms with Gasteiger partial charge in [0.2, 0.25) is 0 Å². The van der Waals surface area contributed by atoms with Crippen LogP contribution in [0.15, 0.2) is 0 Å². The molecule has 0 radical (unpaired) electrons. The second-order valence-corrected chi connectivity index (χ2v) is 3.94. The summed E-state index contributed by atoms with van der Waals surface area (Å²) in [6.07, 6.45) is -0.560. The molecule has 3 atom stereocenters. The van der Waals surface area contributed by atoms with Gasteiger partial charge in [0.25, 0.3) is 0 Å². The molecule has 0 heterocycles. The minimum Gasteiger partial charge on any atom is -0.461 e. The fraction of sp³-hybridized carbons (Fsp3) is 0.818. The first-order valence-electron chi connectivity index (χ1n) is 5.85.